The quantitative estimate of drug-likeness (QED) is 0.772. The van der Waals surface area contributed by atoms with Crippen molar-refractivity contribution in [3.63, 3.8) is 0 Å². The van der Waals surface area contributed by atoms with Crippen LogP contribution in [-0.2, 0) is 10.0 Å². The van der Waals surface area contributed by atoms with Crippen molar-refractivity contribution in [2.75, 3.05) is 26.2 Å². The minimum Gasteiger partial charge on any atom is -0.298 e. The van der Waals surface area contributed by atoms with Gasteiger partial charge in [0.15, 0.2) is 5.78 Å². The van der Waals surface area contributed by atoms with E-state index < -0.39 is 10.0 Å². The van der Waals surface area contributed by atoms with Crippen LogP contribution in [0.25, 0.3) is 0 Å². The zero-order chi connectivity index (χ0) is 16.6. The predicted molar refractivity (Wildman–Crippen MR) is 89.0 cm³/mol. The van der Waals surface area contributed by atoms with Gasteiger partial charge in [-0.25, -0.2) is 8.42 Å². The molecule has 1 atom stereocenters. The molecule has 1 heterocycles. The first-order valence-electron chi connectivity index (χ1n) is 8.25. The number of hydrogen-bond donors (Lipinski definition) is 0. The zero-order valence-electron chi connectivity index (χ0n) is 13.7. The third-order valence-electron chi connectivity index (χ3n) is 5.03. The van der Waals surface area contributed by atoms with E-state index in [1.165, 1.54) is 25.8 Å². The molecule has 1 aliphatic carbocycles. The summed E-state index contributed by atoms with van der Waals surface area (Å²) in [6.07, 6.45) is 2.61. The SMILES string of the molecule is CC(=O)c1cccc(S(=O)(=O)N2CCN(C(C)C3CC3)CC2)c1. The summed E-state index contributed by atoms with van der Waals surface area (Å²) in [7, 11) is -3.52. The topological polar surface area (TPSA) is 57.7 Å². The Bertz CT molecular complexity index is 690. The summed E-state index contributed by atoms with van der Waals surface area (Å²) in [6, 6.07) is 6.89. The molecule has 5 nitrogen and oxygen atoms in total. The van der Waals surface area contributed by atoms with Crippen molar-refractivity contribution >= 4 is 15.8 Å². The van der Waals surface area contributed by atoms with E-state index in [2.05, 4.69) is 11.8 Å². The Morgan fingerprint density at radius 1 is 1.17 bits per heavy atom. The van der Waals surface area contributed by atoms with Crippen molar-refractivity contribution in [1.29, 1.82) is 0 Å². The number of hydrogen-bond acceptors (Lipinski definition) is 4. The van der Waals surface area contributed by atoms with Crippen LogP contribution < -0.4 is 0 Å². The normalized spacial score (nSPS) is 22.0. The number of sulfonamides is 1. The lowest BCUT2D eigenvalue weighted by Gasteiger charge is -2.37. The van der Waals surface area contributed by atoms with E-state index in [1.807, 2.05) is 0 Å². The fourth-order valence-electron chi connectivity index (χ4n) is 3.25. The van der Waals surface area contributed by atoms with Crippen LogP contribution in [0.15, 0.2) is 29.2 Å². The van der Waals surface area contributed by atoms with Crippen LogP contribution in [0, 0.1) is 5.92 Å². The molecule has 1 aliphatic heterocycles. The standard InChI is InChI=1S/C17H24N2O3S/c1-13(15-6-7-15)18-8-10-19(11-9-18)23(21,22)17-5-3-4-16(12-17)14(2)20/h3-5,12-13,15H,6-11H2,1-2H3. The van der Waals surface area contributed by atoms with Gasteiger partial charge >= 0.3 is 0 Å². The second kappa shape index (κ2) is 6.34. The molecule has 1 unspecified atom stereocenters. The molecule has 0 radical (unpaired) electrons. The van der Waals surface area contributed by atoms with E-state index in [-0.39, 0.29) is 10.7 Å². The van der Waals surface area contributed by atoms with Crippen LogP contribution in [0.3, 0.4) is 0 Å². The zero-order valence-corrected chi connectivity index (χ0v) is 14.6. The van der Waals surface area contributed by atoms with E-state index in [0.29, 0.717) is 24.7 Å². The number of carbonyl (C=O) groups excluding carboxylic acids is 1. The fraction of sp³-hybridized carbons (Fsp3) is 0.588. The van der Waals surface area contributed by atoms with Gasteiger partial charge < -0.3 is 0 Å². The van der Waals surface area contributed by atoms with Gasteiger partial charge in [-0.1, -0.05) is 12.1 Å². The number of Topliss-reactive ketones (excluding diaryl/α,β-unsaturated/α-hetero) is 1. The van der Waals surface area contributed by atoms with Crippen molar-refractivity contribution in [3.05, 3.63) is 29.8 Å². The average Bonchev–Trinajstić information content (AvgIpc) is 3.39. The van der Waals surface area contributed by atoms with Crippen LogP contribution in [0.2, 0.25) is 0 Å². The monoisotopic (exact) mass is 336 g/mol. The second-order valence-corrected chi connectivity index (χ2v) is 8.54. The third kappa shape index (κ3) is 3.49. The van der Waals surface area contributed by atoms with Crippen molar-refractivity contribution in [3.8, 4) is 0 Å². The summed E-state index contributed by atoms with van der Waals surface area (Å²) in [5, 5.41) is 0. The van der Waals surface area contributed by atoms with Gasteiger partial charge in [-0.15, -0.1) is 0 Å². The van der Waals surface area contributed by atoms with Gasteiger partial charge in [-0.05, 0) is 44.7 Å². The second-order valence-electron chi connectivity index (χ2n) is 6.60. The average molecular weight is 336 g/mol. The van der Waals surface area contributed by atoms with E-state index in [4.69, 9.17) is 0 Å². The molecule has 2 fully saturated rings. The van der Waals surface area contributed by atoms with Crippen molar-refractivity contribution in [2.45, 2.75) is 37.6 Å². The number of benzene rings is 1. The van der Waals surface area contributed by atoms with E-state index >= 15 is 0 Å². The molecule has 1 saturated heterocycles. The van der Waals surface area contributed by atoms with Gasteiger partial charge in [-0.2, -0.15) is 4.31 Å². The number of carbonyl (C=O) groups is 1. The molecular weight excluding hydrogens is 312 g/mol. The number of rotatable bonds is 5. The molecule has 1 aromatic rings. The molecule has 23 heavy (non-hydrogen) atoms. The molecule has 0 aromatic heterocycles. The number of ketones is 1. The van der Waals surface area contributed by atoms with Gasteiger partial charge in [-0.3, -0.25) is 9.69 Å². The van der Waals surface area contributed by atoms with E-state index in [1.54, 1.807) is 22.5 Å². The Morgan fingerprint density at radius 3 is 2.39 bits per heavy atom. The van der Waals surface area contributed by atoms with Crippen LogP contribution in [0.1, 0.15) is 37.0 Å². The highest BCUT2D eigenvalue weighted by atomic mass is 32.2. The summed E-state index contributed by atoms with van der Waals surface area (Å²) in [4.78, 5) is 14.1. The minimum absolute atomic E-state index is 0.120. The molecule has 3 rings (SSSR count). The Morgan fingerprint density at radius 2 is 1.83 bits per heavy atom. The summed E-state index contributed by atoms with van der Waals surface area (Å²) in [5.41, 5.74) is 0.437. The molecule has 0 spiro atoms. The first-order valence-corrected chi connectivity index (χ1v) is 9.69. The molecular formula is C17H24N2O3S. The molecule has 1 saturated carbocycles. The highest BCUT2D eigenvalue weighted by Gasteiger charge is 2.35. The van der Waals surface area contributed by atoms with Crippen molar-refractivity contribution in [2.24, 2.45) is 5.92 Å². The maximum absolute atomic E-state index is 12.8. The fourth-order valence-corrected chi connectivity index (χ4v) is 4.72. The first kappa shape index (κ1) is 16.6. The van der Waals surface area contributed by atoms with Crippen LogP contribution in [0.4, 0.5) is 0 Å². The molecule has 2 aliphatic rings. The third-order valence-corrected chi connectivity index (χ3v) is 6.93. The lowest BCUT2D eigenvalue weighted by Crippen LogP contribution is -2.51. The summed E-state index contributed by atoms with van der Waals surface area (Å²) in [5.74, 6) is 0.676. The summed E-state index contributed by atoms with van der Waals surface area (Å²) in [6.45, 7) is 6.29. The lowest BCUT2D eigenvalue weighted by atomic mass is 10.1. The summed E-state index contributed by atoms with van der Waals surface area (Å²) >= 11 is 0. The molecule has 126 valence electrons. The number of nitrogens with zero attached hydrogens (tertiary/aromatic N) is 2. The largest absolute Gasteiger partial charge is 0.298 e. The Labute approximate surface area is 138 Å². The van der Waals surface area contributed by atoms with E-state index in [9.17, 15) is 13.2 Å². The van der Waals surface area contributed by atoms with Gasteiger partial charge in [0, 0.05) is 37.8 Å². The minimum atomic E-state index is -3.52. The maximum atomic E-state index is 12.8. The maximum Gasteiger partial charge on any atom is 0.243 e. The van der Waals surface area contributed by atoms with Gasteiger partial charge in [0.1, 0.15) is 0 Å². The molecule has 6 heteroatoms. The van der Waals surface area contributed by atoms with Gasteiger partial charge in [0.25, 0.3) is 0 Å². The van der Waals surface area contributed by atoms with Gasteiger partial charge in [0.05, 0.1) is 4.90 Å². The molecule has 0 N–H and O–H groups in total. The Balaban J connectivity index is 1.71. The van der Waals surface area contributed by atoms with Crippen LogP contribution in [-0.4, -0.2) is 55.6 Å². The Hall–Kier alpha value is -1.24. The number of piperazine rings is 1. The smallest absolute Gasteiger partial charge is 0.243 e. The highest BCUT2D eigenvalue weighted by Crippen LogP contribution is 2.35. The lowest BCUT2D eigenvalue weighted by molar-refractivity contribution is 0.101. The van der Waals surface area contributed by atoms with Crippen molar-refractivity contribution in [1.82, 2.24) is 9.21 Å². The molecule has 0 bridgehead atoms. The summed E-state index contributed by atoms with van der Waals surface area (Å²) < 4.78 is 27.1. The van der Waals surface area contributed by atoms with E-state index in [0.717, 1.165) is 19.0 Å². The Kier molecular flexibility index (Phi) is 4.58. The molecule has 0 amide bonds. The van der Waals surface area contributed by atoms with Gasteiger partial charge in [0.2, 0.25) is 10.0 Å². The predicted octanol–water partition coefficient (Wildman–Crippen LogP) is 1.99. The van der Waals surface area contributed by atoms with Crippen LogP contribution in [0.5, 0.6) is 0 Å². The first-order chi connectivity index (χ1) is 10.9. The highest BCUT2D eigenvalue weighted by molar-refractivity contribution is 7.89. The molecule has 1 aromatic carbocycles. The van der Waals surface area contributed by atoms with Crippen LogP contribution >= 0.6 is 0 Å². The van der Waals surface area contributed by atoms with Crippen molar-refractivity contribution < 1.29 is 13.2 Å².